The Morgan fingerprint density at radius 2 is 1.36 bits per heavy atom. The van der Waals surface area contributed by atoms with Crippen LogP contribution in [0.4, 0.5) is 0 Å². The number of benzene rings is 2. The van der Waals surface area contributed by atoms with Crippen molar-refractivity contribution < 1.29 is 19.5 Å². The number of nitrogens with one attached hydrogen (secondary N) is 2. The molecule has 0 atom stereocenters. The molecule has 0 aliphatic heterocycles. The van der Waals surface area contributed by atoms with Crippen LogP contribution in [0.25, 0.3) is 0 Å². The molecule has 0 unspecified atom stereocenters. The molecule has 0 saturated heterocycles. The van der Waals surface area contributed by atoms with Crippen molar-refractivity contribution >= 4 is 17.8 Å². The Hall–Kier alpha value is -3.15. The number of aliphatic carboxylic acids is 1. The monoisotopic (exact) mass is 340 g/mol. The van der Waals surface area contributed by atoms with Crippen molar-refractivity contribution in [1.29, 1.82) is 0 Å². The zero-order valence-electron chi connectivity index (χ0n) is 13.9. The predicted molar refractivity (Wildman–Crippen MR) is 93.4 cm³/mol. The van der Waals surface area contributed by atoms with Gasteiger partial charge in [0.15, 0.2) is 0 Å². The summed E-state index contributed by atoms with van der Waals surface area (Å²) < 4.78 is 0. The van der Waals surface area contributed by atoms with Crippen molar-refractivity contribution in [3.8, 4) is 0 Å². The van der Waals surface area contributed by atoms with Gasteiger partial charge in [0.2, 0.25) is 0 Å². The molecule has 0 bridgehead atoms. The lowest BCUT2D eigenvalue weighted by molar-refractivity contribution is -0.136. The van der Waals surface area contributed by atoms with Crippen molar-refractivity contribution in [2.75, 3.05) is 6.54 Å². The molecule has 0 spiro atoms. The molecule has 6 heteroatoms. The topological polar surface area (TPSA) is 95.5 Å². The van der Waals surface area contributed by atoms with Crippen LogP contribution < -0.4 is 10.6 Å². The van der Waals surface area contributed by atoms with Gasteiger partial charge in [-0.25, -0.2) is 0 Å². The van der Waals surface area contributed by atoms with Gasteiger partial charge in [-0.05, 0) is 36.8 Å². The zero-order valence-corrected chi connectivity index (χ0v) is 13.9. The molecule has 0 fully saturated rings. The van der Waals surface area contributed by atoms with Crippen molar-refractivity contribution in [3.63, 3.8) is 0 Å². The molecule has 0 aromatic heterocycles. The number of carboxylic acids is 1. The molecule has 0 saturated carbocycles. The average molecular weight is 340 g/mol. The van der Waals surface area contributed by atoms with Gasteiger partial charge < -0.3 is 15.7 Å². The van der Waals surface area contributed by atoms with Gasteiger partial charge in [0, 0.05) is 24.2 Å². The number of carbonyl (C=O) groups is 3. The van der Waals surface area contributed by atoms with Crippen molar-refractivity contribution in [3.05, 3.63) is 70.8 Å². The summed E-state index contributed by atoms with van der Waals surface area (Å²) in [5.74, 6) is -1.44. The van der Waals surface area contributed by atoms with E-state index in [2.05, 4.69) is 10.6 Å². The van der Waals surface area contributed by atoms with Crippen LogP contribution in [-0.2, 0) is 11.3 Å². The van der Waals surface area contributed by atoms with E-state index >= 15 is 0 Å². The van der Waals surface area contributed by atoms with Gasteiger partial charge in [0.1, 0.15) is 0 Å². The molecular formula is C19H20N2O4. The van der Waals surface area contributed by atoms with E-state index < -0.39 is 5.97 Å². The molecular weight excluding hydrogens is 320 g/mol. The van der Waals surface area contributed by atoms with Gasteiger partial charge in [-0.15, -0.1) is 0 Å². The average Bonchev–Trinajstić information content (AvgIpc) is 2.60. The van der Waals surface area contributed by atoms with Gasteiger partial charge in [-0.2, -0.15) is 0 Å². The van der Waals surface area contributed by atoms with Crippen LogP contribution in [0.2, 0.25) is 0 Å². The Morgan fingerprint density at radius 3 is 1.92 bits per heavy atom. The highest BCUT2D eigenvalue weighted by Crippen LogP contribution is 2.06. The molecule has 2 aromatic rings. The van der Waals surface area contributed by atoms with Gasteiger partial charge in [-0.3, -0.25) is 14.4 Å². The SMILES string of the molecule is Cc1ccc(C(=O)NCc2ccc(C(=O)NCCC(=O)O)cc2)cc1. The molecule has 25 heavy (non-hydrogen) atoms. The molecule has 130 valence electrons. The second kappa shape index (κ2) is 8.63. The highest BCUT2D eigenvalue weighted by Gasteiger charge is 2.07. The summed E-state index contributed by atoms with van der Waals surface area (Å²) in [5, 5.41) is 13.9. The van der Waals surface area contributed by atoms with Crippen LogP contribution in [0, 0.1) is 6.92 Å². The number of amides is 2. The van der Waals surface area contributed by atoms with Crippen LogP contribution in [0.15, 0.2) is 48.5 Å². The Balaban J connectivity index is 1.85. The maximum Gasteiger partial charge on any atom is 0.305 e. The third-order valence-corrected chi connectivity index (χ3v) is 3.61. The fourth-order valence-electron chi connectivity index (χ4n) is 2.15. The molecule has 3 N–H and O–H groups in total. The fraction of sp³-hybridized carbons (Fsp3) is 0.211. The number of hydrogen-bond acceptors (Lipinski definition) is 3. The third-order valence-electron chi connectivity index (χ3n) is 3.61. The van der Waals surface area contributed by atoms with Crippen LogP contribution in [-0.4, -0.2) is 29.4 Å². The molecule has 2 amide bonds. The highest BCUT2D eigenvalue weighted by molar-refractivity contribution is 5.95. The Kier molecular flexibility index (Phi) is 6.28. The zero-order chi connectivity index (χ0) is 18.2. The van der Waals surface area contributed by atoms with Gasteiger partial charge >= 0.3 is 5.97 Å². The Labute approximate surface area is 145 Å². The van der Waals surface area contributed by atoms with Crippen LogP contribution in [0.5, 0.6) is 0 Å². The van der Waals surface area contributed by atoms with Gasteiger partial charge in [0.25, 0.3) is 11.8 Å². The maximum atomic E-state index is 12.1. The number of aryl methyl sites for hydroxylation is 1. The lowest BCUT2D eigenvalue weighted by Gasteiger charge is -2.07. The minimum Gasteiger partial charge on any atom is -0.481 e. The summed E-state index contributed by atoms with van der Waals surface area (Å²) in [6, 6.07) is 14.1. The van der Waals surface area contributed by atoms with Gasteiger partial charge in [0.05, 0.1) is 6.42 Å². The number of carbonyl (C=O) groups excluding carboxylic acids is 2. The minimum atomic E-state index is -0.958. The van der Waals surface area contributed by atoms with Crippen LogP contribution >= 0.6 is 0 Å². The predicted octanol–water partition coefficient (Wildman–Crippen LogP) is 2.13. The standard InChI is InChI=1S/C19H20N2O4/c1-13-2-6-15(7-3-13)19(25)21-12-14-4-8-16(9-5-14)18(24)20-11-10-17(22)23/h2-9H,10-12H2,1H3,(H,20,24)(H,21,25)(H,22,23). The first-order valence-electron chi connectivity index (χ1n) is 7.89. The molecule has 6 nitrogen and oxygen atoms in total. The Morgan fingerprint density at radius 1 is 0.840 bits per heavy atom. The summed E-state index contributed by atoms with van der Waals surface area (Å²) in [6.07, 6.45) is -0.116. The molecule has 0 radical (unpaired) electrons. The first kappa shape index (κ1) is 18.2. The first-order chi connectivity index (χ1) is 12.0. The number of hydrogen-bond donors (Lipinski definition) is 3. The van der Waals surface area contributed by atoms with E-state index in [1.807, 2.05) is 19.1 Å². The maximum absolute atomic E-state index is 12.1. The fourth-order valence-corrected chi connectivity index (χ4v) is 2.15. The quantitative estimate of drug-likeness (QED) is 0.719. The summed E-state index contributed by atoms with van der Waals surface area (Å²) in [4.78, 5) is 34.3. The molecule has 0 heterocycles. The van der Waals surface area contributed by atoms with E-state index in [1.165, 1.54) is 0 Å². The highest BCUT2D eigenvalue weighted by atomic mass is 16.4. The number of rotatable bonds is 7. The molecule has 0 aliphatic rings. The molecule has 2 aromatic carbocycles. The van der Waals surface area contributed by atoms with E-state index in [0.717, 1.165) is 11.1 Å². The van der Waals surface area contributed by atoms with E-state index in [-0.39, 0.29) is 24.8 Å². The van der Waals surface area contributed by atoms with Crippen molar-refractivity contribution in [1.82, 2.24) is 10.6 Å². The second-order valence-corrected chi connectivity index (χ2v) is 5.65. The van der Waals surface area contributed by atoms with E-state index in [9.17, 15) is 14.4 Å². The first-order valence-corrected chi connectivity index (χ1v) is 7.89. The lowest BCUT2D eigenvalue weighted by atomic mass is 10.1. The summed E-state index contributed by atoms with van der Waals surface area (Å²) in [7, 11) is 0. The molecule has 0 aliphatic carbocycles. The van der Waals surface area contributed by atoms with E-state index in [4.69, 9.17) is 5.11 Å². The number of carboxylic acid groups (broad SMARTS) is 1. The molecule has 2 rings (SSSR count). The van der Waals surface area contributed by atoms with E-state index in [0.29, 0.717) is 17.7 Å². The minimum absolute atomic E-state index is 0.0858. The summed E-state index contributed by atoms with van der Waals surface area (Å²) in [5.41, 5.74) is 3.00. The lowest BCUT2D eigenvalue weighted by Crippen LogP contribution is -2.26. The smallest absolute Gasteiger partial charge is 0.305 e. The third kappa shape index (κ3) is 5.76. The Bertz CT molecular complexity index is 752. The van der Waals surface area contributed by atoms with Crippen LogP contribution in [0.3, 0.4) is 0 Å². The van der Waals surface area contributed by atoms with E-state index in [1.54, 1.807) is 36.4 Å². The largest absolute Gasteiger partial charge is 0.481 e. The normalized spacial score (nSPS) is 10.1. The second-order valence-electron chi connectivity index (χ2n) is 5.65. The summed E-state index contributed by atoms with van der Waals surface area (Å²) >= 11 is 0. The summed E-state index contributed by atoms with van der Waals surface area (Å²) in [6.45, 7) is 2.40. The van der Waals surface area contributed by atoms with Crippen molar-refractivity contribution in [2.45, 2.75) is 19.9 Å². The van der Waals surface area contributed by atoms with Crippen molar-refractivity contribution in [2.24, 2.45) is 0 Å². The van der Waals surface area contributed by atoms with Crippen LogP contribution in [0.1, 0.15) is 38.3 Å². The van der Waals surface area contributed by atoms with Gasteiger partial charge in [-0.1, -0.05) is 29.8 Å².